The second-order valence-electron chi connectivity index (χ2n) is 13.9. The van der Waals surface area contributed by atoms with Crippen molar-refractivity contribution in [3.63, 3.8) is 0 Å². The third-order valence-electron chi connectivity index (χ3n) is 8.82. The molecule has 2 heterocycles. The van der Waals surface area contributed by atoms with Gasteiger partial charge in [-0.1, -0.05) is 104 Å². The van der Waals surface area contributed by atoms with Gasteiger partial charge in [0.15, 0.2) is 5.78 Å². The number of rotatable bonds is 10. The van der Waals surface area contributed by atoms with E-state index in [1.54, 1.807) is 17.7 Å². The predicted octanol–water partition coefficient (Wildman–Crippen LogP) is 12.0. The van der Waals surface area contributed by atoms with E-state index in [1.165, 1.54) is 32.7 Å². The first-order valence-electron chi connectivity index (χ1n) is 17.0. The molecule has 0 aliphatic heterocycles. The molecule has 0 aliphatic rings. The molecule has 3 aromatic carbocycles. The van der Waals surface area contributed by atoms with Gasteiger partial charge in [-0.3, -0.25) is 9.78 Å². The molecule has 0 saturated heterocycles. The van der Waals surface area contributed by atoms with E-state index in [0.29, 0.717) is 5.92 Å². The third-order valence-corrected chi connectivity index (χ3v) is 9.97. The quantitative estimate of drug-likeness (QED) is 0.0865. The molecule has 1 N–H and O–H groups in total. The summed E-state index contributed by atoms with van der Waals surface area (Å²) in [6, 6.07) is 21.2. The first-order chi connectivity index (χ1) is 21.9. The van der Waals surface area contributed by atoms with Crippen molar-refractivity contribution in [1.82, 2.24) is 9.97 Å². The number of allylic oxidation sites excluding steroid dienone is 2. The minimum atomic E-state index is 0. The second-order valence-corrected chi connectivity index (χ2v) is 15.0. The summed E-state index contributed by atoms with van der Waals surface area (Å²) in [6.45, 7) is 19.4. The van der Waals surface area contributed by atoms with Gasteiger partial charge in [0.25, 0.3) is 0 Å². The second kappa shape index (κ2) is 17.0. The minimum absolute atomic E-state index is 0. The van der Waals surface area contributed by atoms with Crippen molar-refractivity contribution < 1.29 is 30.0 Å². The maximum absolute atomic E-state index is 11.7. The number of aromatic nitrogens is 2. The summed E-state index contributed by atoms with van der Waals surface area (Å²) in [6.07, 6.45) is 7.67. The number of benzene rings is 3. The average molecular weight is 828 g/mol. The SMILES string of the molecule is CC(C)c1cc(-c2ncnc3c2sc2cc(CC(C)(C)C)ccc23)[c-]c2ccccc12.CCC(CC)C(=O)/C=C(\O)C(CC)CC.[Ir]. The van der Waals surface area contributed by atoms with Gasteiger partial charge in [0.2, 0.25) is 0 Å². The van der Waals surface area contributed by atoms with Gasteiger partial charge in [0.05, 0.1) is 11.3 Å². The Balaban J connectivity index is 0.000000322. The minimum Gasteiger partial charge on any atom is -0.512 e. The van der Waals surface area contributed by atoms with Gasteiger partial charge in [0, 0.05) is 58.5 Å². The molecule has 47 heavy (non-hydrogen) atoms. The van der Waals surface area contributed by atoms with Crippen LogP contribution in [0.2, 0.25) is 0 Å². The molecule has 0 aliphatic carbocycles. The summed E-state index contributed by atoms with van der Waals surface area (Å²) in [5.74, 6) is 0.976. The van der Waals surface area contributed by atoms with E-state index >= 15 is 0 Å². The number of aliphatic hydroxyl groups excluding tert-OH is 1. The number of carbonyl (C=O) groups is 1. The van der Waals surface area contributed by atoms with Gasteiger partial charge < -0.3 is 5.11 Å². The Morgan fingerprint density at radius 2 is 1.57 bits per heavy atom. The number of ketones is 1. The van der Waals surface area contributed by atoms with Gasteiger partial charge in [-0.25, -0.2) is 4.98 Å². The van der Waals surface area contributed by atoms with Crippen molar-refractivity contribution in [1.29, 1.82) is 0 Å². The molecule has 253 valence electrons. The molecule has 0 amide bonds. The molecule has 0 bridgehead atoms. The van der Waals surface area contributed by atoms with Crippen LogP contribution in [0, 0.1) is 23.3 Å². The van der Waals surface area contributed by atoms with Crippen LogP contribution in [0.5, 0.6) is 0 Å². The van der Waals surface area contributed by atoms with E-state index in [2.05, 4.69) is 94.2 Å². The normalized spacial score (nSPS) is 12.2. The summed E-state index contributed by atoms with van der Waals surface area (Å²) < 4.78 is 2.43. The maximum atomic E-state index is 11.7. The Morgan fingerprint density at radius 3 is 2.19 bits per heavy atom. The van der Waals surface area contributed by atoms with Crippen LogP contribution in [0.15, 0.2) is 66.7 Å². The molecule has 5 rings (SSSR count). The summed E-state index contributed by atoms with van der Waals surface area (Å²) in [4.78, 5) is 21.1. The molecule has 0 fully saturated rings. The Morgan fingerprint density at radius 1 is 0.915 bits per heavy atom. The topological polar surface area (TPSA) is 63.1 Å². The van der Waals surface area contributed by atoms with E-state index in [4.69, 9.17) is 4.98 Å². The predicted molar refractivity (Wildman–Crippen MR) is 198 cm³/mol. The van der Waals surface area contributed by atoms with Gasteiger partial charge in [-0.05, 0) is 55.1 Å². The zero-order valence-electron chi connectivity index (χ0n) is 29.5. The summed E-state index contributed by atoms with van der Waals surface area (Å²) in [7, 11) is 0. The first-order valence-corrected chi connectivity index (χ1v) is 17.8. The largest absolute Gasteiger partial charge is 0.512 e. The van der Waals surface area contributed by atoms with E-state index in [0.717, 1.165) is 59.0 Å². The molecule has 6 heteroatoms. The molecule has 4 nitrogen and oxygen atoms in total. The summed E-state index contributed by atoms with van der Waals surface area (Å²) in [5.41, 5.74) is 6.06. The monoisotopic (exact) mass is 828 g/mol. The van der Waals surface area contributed by atoms with Gasteiger partial charge >= 0.3 is 0 Å². The van der Waals surface area contributed by atoms with Crippen LogP contribution in [-0.2, 0) is 31.3 Å². The zero-order chi connectivity index (χ0) is 33.6. The van der Waals surface area contributed by atoms with E-state index < -0.39 is 0 Å². The summed E-state index contributed by atoms with van der Waals surface area (Å²) in [5, 5.41) is 13.4. The Kier molecular flexibility index (Phi) is 13.9. The molecule has 2 aromatic heterocycles. The van der Waals surface area contributed by atoms with Crippen molar-refractivity contribution in [3.8, 4) is 11.3 Å². The van der Waals surface area contributed by atoms with Crippen LogP contribution in [-0.4, -0.2) is 20.9 Å². The van der Waals surface area contributed by atoms with Crippen LogP contribution < -0.4 is 0 Å². The van der Waals surface area contributed by atoms with Gasteiger partial charge in [0.1, 0.15) is 6.33 Å². The molecule has 0 spiro atoms. The molecule has 5 aromatic rings. The van der Waals surface area contributed by atoms with Crippen LogP contribution in [0.3, 0.4) is 0 Å². The van der Waals surface area contributed by atoms with E-state index in [1.807, 2.05) is 27.7 Å². The Bertz CT molecular complexity index is 1820. The summed E-state index contributed by atoms with van der Waals surface area (Å²) >= 11 is 1.80. The van der Waals surface area contributed by atoms with Crippen LogP contribution in [0.25, 0.3) is 42.3 Å². The Hall–Kier alpha value is -2.92. The van der Waals surface area contributed by atoms with Crippen LogP contribution in [0.4, 0.5) is 0 Å². The standard InChI is InChI=1S/C28H27N2S.C13H24O2.Ir/c1-17(2)23-14-20(13-19-8-6-7-9-21(19)23)25-27-26(30-16-29-25)22-11-10-18(12-24(22)31-27)15-28(3,4)5;1-5-10(6-2)12(14)9-13(15)11(7-3)8-4;/h6-12,14,16-17H,15H2,1-5H3;9-11,14H,5-8H2,1-4H3;/q-1;;/b;12-9-;. The van der Waals surface area contributed by atoms with Gasteiger partial charge in [-0.2, -0.15) is 0 Å². The van der Waals surface area contributed by atoms with Crippen molar-refractivity contribution >= 4 is 48.2 Å². The Labute approximate surface area is 299 Å². The number of hydrogen-bond acceptors (Lipinski definition) is 5. The number of carbonyl (C=O) groups excluding carboxylic acids is 1. The molecule has 1 radical (unpaired) electrons. The first kappa shape index (κ1) is 38.5. The number of fused-ring (bicyclic) bond motifs is 4. The smallest absolute Gasteiger partial charge is 0.162 e. The van der Waals surface area contributed by atoms with Crippen molar-refractivity contribution in [2.24, 2.45) is 17.3 Å². The zero-order valence-corrected chi connectivity index (χ0v) is 32.7. The fourth-order valence-electron chi connectivity index (χ4n) is 6.18. The number of nitrogens with zero attached hydrogens (tertiary/aromatic N) is 2. The van der Waals surface area contributed by atoms with Gasteiger partial charge in [-0.15, -0.1) is 40.5 Å². The van der Waals surface area contributed by atoms with Crippen molar-refractivity contribution in [3.05, 3.63) is 83.9 Å². The average Bonchev–Trinajstić information content (AvgIpc) is 3.39. The molecular weight excluding hydrogens is 777 g/mol. The fourth-order valence-corrected chi connectivity index (χ4v) is 7.40. The van der Waals surface area contributed by atoms with Crippen LogP contribution in [0.1, 0.15) is 105 Å². The van der Waals surface area contributed by atoms with Crippen molar-refractivity contribution in [2.75, 3.05) is 0 Å². The molecule has 0 atom stereocenters. The molecule has 0 unspecified atom stereocenters. The van der Waals surface area contributed by atoms with Crippen LogP contribution >= 0.6 is 11.3 Å². The number of thiophene rings is 1. The maximum Gasteiger partial charge on any atom is 0.162 e. The van der Waals surface area contributed by atoms with Crippen molar-refractivity contribution in [2.45, 2.75) is 100 Å². The fraction of sp³-hybridized carbons (Fsp3) is 0.439. The number of aliphatic hydroxyl groups is 1. The third kappa shape index (κ3) is 9.37. The van der Waals surface area contributed by atoms with E-state index in [9.17, 15) is 9.90 Å². The molecular formula is C41H51IrN2O2S-. The molecule has 0 saturated carbocycles. The van der Waals surface area contributed by atoms with E-state index in [-0.39, 0.29) is 48.9 Å². The number of hydrogen-bond donors (Lipinski definition) is 1.